The Morgan fingerprint density at radius 2 is 1.58 bits per heavy atom. The summed E-state index contributed by atoms with van der Waals surface area (Å²) < 4.78 is 29.6. The zero-order valence-electron chi connectivity index (χ0n) is 20.2. The molecule has 0 atom stereocenters. The van der Waals surface area contributed by atoms with Gasteiger partial charge in [-0.15, -0.1) is 5.10 Å². The average Bonchev–Trinajstić information content (AvgIpc) is 3.20. The van der Waals surface area contributed by atoms with Crippen molar-refractivity contribution in [1.82, 2.24) is 9.78 Å². The van der Waals surface area contributed by atoms with Crippen LogP contribution in [-0.4, -0.2) is 44.2 Å². The van der Waals surface area contributed by atoms with Crippen LogP contribution in [0.15, 0.2) is 54.6 Å². The van der Waals surface area contributed by atoms with Crippen LogP contribution in [0, 0.1) is 0 Å². The van der Waals surface area contributed by atoms with Crippen LogP contribution in [-0.2, 0) is 11.2 Å². The normalized spacial score (nSPS) is 21.4. The lowest BCUT2D eigenvalue weighted by Gasteiger charge is -2.39. The van der Waals surface area contributed by atoms with Crippen LogP contribution in [0.3, 0.4) is 0 Å². The maximum absolute atomic E-state index is 10.8. The second kappa shape index (κ2) is 8.95. The summed E-state index contributed by atoms with van der Waals surface area (Å²) in [6.45, 7) is 8.46. The molecule has 1 saturated heterocycles. The van der Waals surface area contributed by atoms with Crippen LogP contribution < -0.4 is 14.2 Å². The van der Waals surface area contributed by atoms with E-state index < -0.39 is 11.2 Å². The fourth-order valence-corrected chi connectivity index (χ4v) is 6.88. The molecule has 0 unspecified atom stereocenters. The van der Waals surface area contributed by atoms with Gasteiger partial charge in [0, 0.05) is 24.5 Å². The van der Waals surface area contributed by atoms with E-state index in [-0.39, 0.29) is 15.6 Å². The number of para-hydroxylation sites is 2. The van der Waals surface area contributed by atoms with Crippen LogP contribution in [0.1, 0.15) is 40.5 Å². The summed E-state index contributed by atoms with van der Waals surface area (Å²) in [5.41, 5.74) is 2.72. The van der Waals surface area contributed by atoms with E-state index in [0.717, 1.165) is 41.3 Å². The second-order valence-corrected chi connectivity index (χ2v) is 12.4. The first-order chi connectivity index (χ1) is 15.6. The molecule has 6 nitrogen and oxygen atoms in total. The Hall–Kier alpha value is -2.64. The number of ether oxygens (including phenoxy) is 3. The molecular weight excluding hydrogens is 436 g/mol. The van der Waals surface area contributed by atoms with Crippen molar-refractivity contribution >= 4 is 11.2 Å². The van der Waals surface area contributed by atoms with Gasteiger partial charge in [-0.2, -0.15) is 4.55 Å². The fourth-order valence-electron chi connectivity index (χ4n) is 4.70. The maximum atomic E-state index is 10.8. The van der Waals surface area contributed by atoms with Crippen molar-refractivity contribution in [1.29, 1.82) is 0 Å². The van der Waals surface area contributed by atoms with Crippen molar-refractivity contribution < 1.29 is 18.8 Å². The van der Waals surface area contributed by atoms with E-state index in [1.807, 2.05) is 59.3 Å². The highest BCUT2D eigenvalue weighted by molar-refractivity contribution is 7.94. The van der Waals surface area contributed by atoms with Gasteiger partial charge in [0.2, 0.25) is 5.88 Å². The summed E-state index contributed by atoms with van der Waals surface area (Å²) in [7, 11) is 3.32. The molecule has 7 heteroatoms. The molecule has 1 aromatic heterocycles. The van der Waals surface area contributed by atoms with Gasteiger partial charge in [0.05, 0.1) is 19.9 Å². The molecule has 0 amide bonds. The highest BCUT2D eigenvalue weighted by Crippen LogP contribution is 2.43. The molecular formula is C26H33N2O4S+. The average molecular weight is 470 g/mol. The maximum Gasteiger partial charge on any atom is 0.234 e. The first-order valence-electron chi connectivity index (χ1n) is 11.1. The van der Waals surface area contributed by atoms with Gasteiger partial charge in [-0.05, 0) is 64.1 Å². The number of hydrogen-bond acceptors (Lipinski definition) is 5. The monoisotopic (exact) mass is 469 g/mol. The molecule has 2 heterocycles. The molecule has 0 radical (unpaired) electrons. The summed E-state index contributed by atoms with van der Waals surface area (Å²) in [5.74, 6) is 2.08. The highest BCUT2D eigenvalue weighted by atomic mass is 32.2. The minimum atomic E-state index is -0.690. The van der Waals surface area contributed by atoms with E-state index in [1.54, 1.807) is 14.2 Å². The van der Waals surface area contributed by atoms with Crippen LogP contribution in [0.4, 0.5) is 0 Å². The lowest BCUT2D eigenvalue weighted by atomic mass is 9.95. The van der Waals surface area contributed by atoms with Crippen molar-refractivity contribution in [2.75, 3.05) is 14.2 Å². The molecule has 0 aliphatic carbocycles. The summed E-state index contributed by atoms with van der Waals surface area (Å²) in [5, 5.41) is 4.84. The van der Waals surface area contributed by atoms with Gasteiger partial charge < -0.3 is 14.2 Å². The number of nitrogens with zero attached hydrogens (tertiary/aromatic N) is 2. The lowest BCUT2D eigenvalue weighted by Crippen LogP contribution is -2.54. The third kappa shape index (κ3) is 4.70. The molecule has 1 aliphatic rings. The third-order valence-electron chi connectivity index (χ3n) is 6.16. The van der Waals surface area contributed by atoms with Gasteiger partial charge in [0.25, 0.3) is 0 Å². The molecule has 0 saturated carbocycles. The molecule has 33 heavy (non-hydrogen) atoms. The van der Waals surface area contributed by atoms with E-state index in [4.69, 9.17) is 19.3 Å². The van der Waals surface area contributed by atoms with Crippen molar-refractivity contribution in [3.63, 3.8) is 0 Å². The number of hydrogen-bond donors (Lipinski definition) is 1. The zero-order valence-corrected chi connectivity index (χ0v) is 21.0. The van der Waals surface area contributed by atoms with E-state index in [0.29, 0.717) is 5.88 Å². The Balaban J connectivity index is 1.73. The van der Waals surface area contributed by atoms with Gasteiger partial charge in [-0.25, -0.2) is 4.68 Å². The Kier molecular flexibility index (Phi) is 6.38. The summed E-state index contributed by atoms with van der Waals surface area (Å²) in [6, 6.07) is 17.7. The molecule has 1 fully saturated rings. The summed E-state index contributed by atoms with van der Waals surface area (Å²) in [4.78, 5) is 0. The fraction of sp³-hybridized carbons (Fsp3) is 0.423. The molecule has 0 bridgehead atoms. The van der Waals surface area contributed by atoms with Gasteiger partial charge in [-0.3, -0.25) is 0 Å². The number of rotatable bonds is 6. The smallest absolute Gasteiger partial charge is 0.234 e. The van der Waals surface area contributed by atoms with E-state index in [2.05, 4.69) is 27.7 Å². The van der Waals surface area contributed by atoms with Crippen molar-refractivity contribution in [2.24, 2.45) is 0 Å². The van der Waals surface area contributed by atoms with Gasteiger partial charge in [0.1, 0.15) is 23.3 Å². The van der Waals surface area contributed by atoms with Crippen LogP contribution in [0.25, 0.3) is 16.9 Å². The molecule has 1 aliphatic heterocycles. The van der Waals surface area contributed by atoms with Crippen LogP contribution in [0.5, 0.6) is 17.4 Å². The van der Waals surface area contributed by atoms with Crippen LogP contribution in [0.2, 0.25) is 0 Å². The van der Waals surface area contributed by atoms with Crippen molar-refractivity contribution in [3.05, 3.63) is 54.6 Å². The summed E-state index contributed by atoms with van der Waals surface area (Å²) >= 11 is -0.690. The minimum Gasteiger partial charge on any atom is -0.497 e. The molecule has 4 rings (SSSR count). The predicted octanol–water partition coefficient (Wildman–Crippen LogP) is 5.75. The molecule has 176 valence electrons. The number of benzene rings is 2. The largest absolute Gasteiger partial charge is 0.497 e. The predicted molar refractivity (Wildman–Crippen MR) is 134 cm³/mol. The molecule has 2 aromatic carbocycles. The topological polar surface area (TPSA) is 65.7 Å². The van der Waals surface area contributed by atoms with E-state index in [1.165, 1.54) is 0 Å². The third-order valence-corrected chi connectivity index (χ3v) is 8.59. The van der Waals surface area contributed by atoms with Gasteiger partial charge >= 0.3 is 0 Å². The van der Waals surface area contributed by atoms with Crippen molar-refractivity contribution in [2.45, 2.75) is 56.1 Å². The van der Waals surface area contributed by atoms with Gasteiger partial charge in [0.15, 0.2) is 20.7 Å². The standard InChI is InChI=1S/C26H33N2O4S/c1-25(2)16-20(17-26(3,4)33(25)29)32-24-15-22(18-11-13-19(30-5)14-12-18)28(27-24)21-9-7-8-10-23(21)31-6/h7-15,20,29H,16-17H2,1-6H3/q+1. The number of aromatic nitrogens is 2. The highest BCUT2D eigenvalue weighted by Gasteiger charge is 2.57. The quantitative estimate of drug-likeness (QED) is 0.466. The molecule has 3 aromatic rings. The Bertz CT molecular complexity index is 1090. The first-order valence-corrected chi connectivity index (χ1v) is 12.3. The Morgan fingerprint density at radius 3 is 2.18 bits per heavy atom. The lowest BCUT2D eigenvalue weighted by molar-refractivity contribution is 0.139. The molecule has 1 N–H and O–H groups in total. The van der Waals surface area contributed by atoms with E-state index in [9.17, 15) is 4.55 Å². The minimum absolute atomic E-state index is 0.0318. The SMILES string of the molecule is COc1ccc(-c2cc(OC3CC(C)(C)[S+](O)C(C)(C)C3)nn2-c2ccccc2OC)cc1. The van der Waals surface area contributed by atoms with Crippen molar-refractivity contribution in [3.8, 4) is 34.3 Å². The Labute approximate surface area is 199 Å². The van der Waals surface area contributed by atoms with Gasteiger partial charge in [-0.1, -0.05) is 12.1 Å². The Morgan fingerprint density at radius 1 is 0.939 bits per heavy atom. The van der Waals surface area contributed by atoms with E-state index >= 15 is 0 Å². The second-order valence-electron chi connectivity index (χ2n) is 9.63. The van der Waals surface area contributed by atoms with Crippen LogP contribution >= 0.6 is 0 Å². The first kappa shape index (κ1) is 23.5. The zero-order chi connectivity index (χ0) is 23.8. The molecule has 0 spiro atoms. The summed E-state index contributed by atoms with van der Waals surface area (Å²) in [6.07, 6.45) is 1.51. The number of methoxy groups -OCH3 is 2.